The van der Waals surface area contributed by atoms with E-state index in [-0.39, 0.29) is 32.4 Å². The van der Waals surface area contributed by atoms with Crippen molar-refractivity contribution in [3.63, 3.8) is 0 Å². The number of hydrogen-bond acceptors (Lipinski definition) is 7. The van der Waals surface area contributed by atoms with Gasteiger partial charge in [-0.05, 0) is 12.5 Å². The fraction of sp³-hybridized carbons (Fsp3) is 0.692. The highest BCUT2D eigenvalue weighted by atomic mass is 16.6. The Balaban J connectivity index is 2.38. The molecule has 2 N–H and O–H groups in total. The van der Waals surface area contributed by atoms with Gasteiger partial charge >= 0.3 is 11.9 Å². The summed E-state index contributed by atoms with van der Waals surface area (Å²) in [4.78, 5) is 45.2. The zero-order valence-corrected chi connectivity index (χ0v) is 12.7. The van der Waals surface area contributed by atoms with Gasteiger partial charge in [0.2, 0.25) is 5.54 Å². The van der Waals surface area contributed by atoms with E-state index in [0.717, 1.165) is 0 Å². The maximum atomic E-state index is 11.5. The predicted octanol–water partition coefficient (Wildman–Crippen LogP) is 0.00100. The molecule has 2 aliphatic rings. The molecule has 0 aromatic carbocycles. The molecule has 1 saturated heterocycles. The summed E-state index contributed by atoms with van der Waals surface area (Å²) < 4.78 is 0. The molecule has 1 aliphatic carbocycles. The monoisotopic (exact) mass is 343 g/mol. The lowest BCUT2D eigenvalue weighted by Gasteiger charge is -2.45. The largest absolute Gasteiger partial charge is 0.481 e. The second-order valence-corrected chi connectivity index (χ2v) is 6.32. The molecule has 2 rings (SSSR count). The van der Waals surface area contributed by atoms with E-state index in [1.807, 2.05) is 0 Å². The molecule has 2 bridgehead atoms. The number of nitro groups is 2. The first-order valence-corrected chi connectivity index (χ1v) is 7.27. The summed E-state index contributed by atoms with van der Waals surface area (Å²) in [5, 5.41) is 41.2. The Kier molecular flexibility index (Phi) is 4.56. The maximum Gasteiger partial charge on any atom is 0.320 e. The molecule has 0 aromatic heterocycles. The van der Waals surface area contributed by atoms with E-state index < -0.39 is 45.3 Å². The minimum Gasteiger partial charge on any atom is -0.481 e. The number of aliphatic carboxylic acids is 2. The van der Waals surface area contributed by atoms with E-state index in [1.165, 1.54) is 17.1 Å². The van der Waals surface area contributed by atoms with Gasteiger partial charge in [-0.2, -0.15) is 0 Å². The number of nitrogens with zero attached hydrogens (tertiary/aromatic N) is 3. The summed E-state index contributed by atoms with van der Waals surface area (Å²) in [5.74, 6) is -2.55. The van der Waals surface area contributed by atoms with Crippen molar-refractivity contribution in [2.75, 3.05) is 13.1 Å². The third-order valence-corrected chi connectivity index (χ3v) is 4.64. The van der Waals surface area contributed by atoms with Crippen molar-refractivity contribution in [1.82, 2.24) is 4.90 Å². The molecule has 11 nitrogen and oxygen atoms in total. The Hall–Kier alpha value is -2.56. The van der Waals surface area contributed by atoms with Crippen LogP contribution in [-0.4, -0.2) is 67.1 Å². The van der Waals surface area contributed by atoms with E-state index >= 15 is 0 Å². The Morgan fingerprint density at radius 2 is 1.88 bits per heavy atom. The Bertz CT molecular complexity index is 620. The normalized spacial score (nSPS) is 30.5. The van der Waals surface area contributed by atoms with Crippen molar-refractivity contribution < 1.29 is 29.6 Å². The molecule has 24 heavy (non-hydrogen) atoms. The van der Waals surface area contributed by atoms with Crippen molar-refractivity contribution in [3.8, 4) is 0 Å². The van der Waals surface area contributed by atoms with Gasteiger partial charge in [-0.25, -0.2) is 0 Å². The van der Waals surface area contributed by atoms with Gasteiger partial charge in [-0.1, -0.05) is 6.08 Å². The summed E-state index contributed by atoms with van der Waals surface area (Å²) in [6, 6.07) is -1.33. The Labute approximate surface area is 135 Å². The molecule has 1 aliphatic heterocycles. The summed E-state index contributed by atoms with van der Waals surface area (Å²) in [5.41, 5.74) is -3.38. The number of carboxylic acids is 2. The second-order valence-electron chi connectivity index (χ2n) is 6.32. The number of fused-ring (bicyclic) bond motifs is 2. The molecular weight excluding hydrogens is 326 g/mol. The smallest absolute Gasteiger partial charge is 0.320 e. The van der Waals surface area contributed by atoms with Crippen LogP contribution in [0.1, 0.15) is 25.7 Å². The lowest BCUT2D eigenvalue weighted by atomic mass is 9.71. The van der Waals surface area contributed by atoms with Gasteiger partial charge in [-0.15, -0.1) is 0 Å². The zero-order chi connectivity index (χ0) is 18.1. The summed E-state index contributed by atoms with van der Waals surface area (Å²) in [7, 11) is 0. The molecule has 0 unspecified atom stereocenters. The SMILES string of the molecule is O=C(O)CC[C@H](C(=O)O)N1C[C@@]2([N+](=O)[O-])C=CC[C@@]([N+](=O)[O-])(C1)C2. The Morgan fingerprint density at radius 1 is 1.21 bits per heavy atom. The quantitative estimate of drug-likeness (QED) is 0.367. The molecule has 132 valence electrons. The van der Waals surface area contributed by atoms with Crippen molar-refractivity contribution >= 4 is 11.9 Å². The lowest BCUT2D eigenvalue weighted by molar-refractivity contribution is -0.619. The maximum absolute atomic E-state index is 11.5. The van der Waals surface area contributed by atoms with E-state index in [4.69, 9.17) is 5.11 Å². The molecular formula is C13H17N3O8. The summed E-state index contributed by atoms with van der Waals surface area (Å²) in [6.07, 6.45) is 1.63. The van der Waals surface area contributed by atoms with Gasteiger partial charge < -0.3 is 10.2 Å². The van der Waals surface area contributed by atoms with Crippen molar-refractivity contribution in [2.24, 2.45) is 0 Å². The third kappa shape index (κ3) is 3.07. The first-order valence-electron chi connectivity index (χ1n) is 7.27. The number of piperidine rings is 1. The van der Waals surface area contributed by atoms with Crippen LogP contribution in [0.25, 0.3) is 0 Å². The predicted molar refractivity (Wildman–Crippen MR) is 77.7 cm³/mol. The molecule has 3 atom stereocenters. The number of carbonyl (C=O) groups is 2. The fourth-order valence-corrected chi connectivity index (χ4v) is 3.54. The minimum atomic E-state index is -1.74. The summed E-state index contributed by atoms with van der Waals surface area (Å²) >= 11 is 0. The molecule has 0 saturated carbocycles. The van der Waals surface area contributed by atoms with Crippen LogP contribution in [0.4, 0.5) is 0 Å². The van der Waals surface area contributed by atoms with Crippen LogP contribution in [0.5, 0.6) is 0 Å². The van der Waals surface area contributed by atoms with E-state index in [1.54, 1.807) is 0 Å². The molecule has 1 heterocycles. The average molecular weight is 343 g/mol. The fourth-order valence-electron chi connectivity index (χ4n) is 3.54. The topological polar surface area (TPSA) is 164 Å². The first kappa shape index (κ1) is 17.8. The van der Waals surface area contributed by atoms with Crippen molar-refractivity contribution in [2.45, 2.75) is 42.8 Å². The molecule has 0 amide bonds. The van der Waals surface area contributed by atoms with Crippen LogP contribution < -0.4 is 0 Å². The third-order valence-electron chi connectivity index (χ3n) is 4.64. The lowest BCUT2D eigenvalue weighted by Crippen LogP contribution is -2.68. The highest BCUT2D eigenvalue weighted by Gasteiger charge is 2.63. The van der Waals surface area contributed by atoms with Gasteiger partial charge in [0.25, 0.3) is 5.54 Å². The van der Waals surface area contributed by atoms with Crippen molar-refractivity contribution in [1.29, 1.82) is 0 Å². The van der Waals surface area contributed by atoms with Gasteiger partial charge in [0.15, 0.2) is 0 Å². The highest BCUT2D eigenvalue weighted by molar-refractivity contribution is 5.75. The van der Waals surface area contributed by atoms with Gasteiger partial charge in [0.1, 0.15) is 6.04 Å². The highest BCUT2D eigenvalue weighted by Crippen LogP contribution is 2.41. The molecule has 11 heteroatoms. The van der Waals surface area contributed by atoms with Crippen molar-refractivity contribution in [3.05, 3.63) is 32.4 Å². The Morgan fingerprint density at radius 3 is 2.38 bits per heavy atom. The van der Waals surface area contributed by atoms with E-state index in [2.05, 4.69) is 0 Å². The zero-order valence-electron chi connectivity index (χ0n) is 12.7. The minimum absolute atomic E-state index is 0.0304. The number of hydrogen-bond donors (Lipinski definition) is 2. The number of carboxylic acid groups (broad SMARTS) is 2. The van der Waals surface area contributed by atoms with Crippen LogP contribution in [0, 0.1) is 20.2 Å². The first-order chi connectivity index (χ1) is 11.1. The van der Waals surface area contributed by atoms with E-state index in [9.17, 15) is 34.9 Å². The number of likely N-dealkylation sites (tertiary alicyclic amines) is 1. The van der Waals surface area contributed by atoms with Gasteiger partial charge in [0, 0.05) is 22.7 Å². The van der Waals surface area contributed by atoms with E-state index in [0.29, 0.717) is 0 Å². The standard InChI is InChI=1S/C13H17N3O8/c17-10(18)3-2-9(11(19)20)14-7-12(15(21)22)4-1-5-13(6-12,8-14)16(23)24/h1,4,9H,2-3,5-8H2,(H,17,18)(H,19,20)/t9-,12-,13+/m1/s1. The van der Waals surface area contributed by atoms with Crippen LogP contribution in [-0.2, 0) is 9.59 Å². The van der Waals surface area contributed by atoms with Crippen LogP contribution in [0.15, 0.2) is 12.2 Å². The molecule has 0 aromatic rings. The van der Waals surface area contributed by atoms with Gasteiger partial charge in [0.05, 0.1) is 19.5 Å². The molecule has 0 radical (unpaired) electrons. The van der Waals surface area contributed by atoms with Gasteiger partial charge in [-0.3, -0.25) is 34.7 Å². The summed E-state index contributed by atoms with van der Waals surface area (Å²) in [6.45, 7) is -0.570. The van der Waals surface area contributed by atoms with Crippen LogP contribution >= 0.6 is 0 Å². The average Bonchev–Trinajstić information content (AvgIpc) is 2.46. The van der Waals surface area contributed by atoms with Crippen LogP contribution in [0.2, 0.25) is 0 Å². The number of rotatable bonds is 7. The second kappa shape index (κ2) is 6.15. The molecule has 1 fully saturated rings. The molecule has 0 spiro atoms. The van der Waals surface area contributed by atoms with Crippen LogP contribution in [0.3, 0.4) is 0 Å².